The van der Waals surface area contributed by atoms with Crippen LogP contribution in [0.2, 0.25) is 0 Å². The molecule has 2 rings (SSSR count). The van der Waals surface area contributed by atoms with E-state index >= 15 is 0 Å². The molecule has 0 fully saturated rings. The zero-order valence-electron chi connectivity index (χ0n) is 9.46. The van der Waals surface area contributed by atoms with Crippen LogP contribution in [0.15, 0.2) is 28.7 Å². The molecule has 2 aromatic rings. The maximum absolute atomic E-state index is 12.0. The van der Waals surface area contributed by atoms with Crippen LogP contribution in [0.25, 0.3) is 0 Å². The van der Waals surface area contributed by atoms with Crippen molar-refractivity contribution in [3.05, 3.63) is 35.0 Å². The summed E-state index contributed by atoms with van der Waals surface area (Å²) in [5.74, 6) is 0. The Bertz CT molecular complexity index is 590. The predicted octanol–water partition coefficient (Wildman–Crippen LogP) is 0.484. The Morgan fingerprint density at radius 1 is 1.44 bits per heavy atom. The van der Waals surface area contributed by atoms with Crippen LogP contribution in [0.4, 0.5) is 0 Å². The lowest BCUT2D eigenvalue weighted by Crippen LogP contribution is -2.22. The van der Waals surface area contributed by atoms with Gasteiger partial charge >= 0.3 is 0 Å². The number of aromatic amines is 1. The lowest BCUT2D eigenvalue weighted by molar-refractivity contribution is 0.300. The van der Waals surface area contributed by atoms with Gasteiger partial charge in [-0.25, -0.2) is 13.1 Å². The first kappa shape index (κ1) is 13.2. The number of hydrogen-bond donors (Lipinski definition) is 3. The molecule has 0 atom stereocenters. The molecule has 0 bridgehead atoms. The number of aliphatic hydroxyl groups is 1. The summed E-state index contributed by atoms with van der Waals surface area (Å²) in [6.07, 6.45) is 3.67. The van der Waals surface area contributed by atoms with Crippen molar-refractivity contribution >= 4 is 21.4 Å². The van der Waals surface area contributed by atoms with Crippen LogP contribution in [-0.2, 0) is 23.0 Å². The molecule has 0 amide bonds. The number of H-pyrrole nitrogens is 1. The van der Waals surface area contributed by atoms with Crippen molar-refractivity contribution < 1.29 is 13.5 Å². The number of nitrogens with one attached hydrogen (secondary N) is 2. The van der Waals surface area contributed by atoms with E-state index in [1.165, 1.54) is 11.3 Å². The van der Waals surface area contributed by atoms with E-state index in [9.17, 15) is 8.42 Å². The summed E-state index contributed by atoms with van der Waals surface area (Å²) in [6.45, 7) is 0.217. The molecule has 0 aliphatic heterocycles. The van der Waals surface area contributed by atoms with E-state index in [4.69, 9.17) is 5.11 Å². The number of thiophene rings is 1. The zero-order valence-corrected chi connectivity index (χ0v) is 11.1. The van der Waals surface area contributed by atoms with Crippen molar-refractivity contribution in [1.29, 1.82) is 0 Å². The van der Waals surface area contributed by atoms with Gasteiger partial charge in [-0.2, -0.15) is 5.10 Å². The molecule has 0 spiro atoms. The van der Waals surface area contributed by atoms with Crippen molar-refractivity contribution in [2.45, 2.75) is 17.2 Å². The summed E-state index contributed by atoms with van der Waals surface area (Å²) in [6, 6.07) is 3.26. The molecule has 0 aliphatic carbocycles. The normalized spacial score (nSPS) is 11.8. The molecule has 0 aromatic carbocycles. The minimum Gasteiger partial charge on any atom is -0.396 e. The van der Waals surface area contributed by atoms with Crippen molar-refractivity contribution in [3.63, 3.8) is 0 Å². The summed E-state index contributed by atoms with van der Waals surface area (Å²) >= 11 is 1.17. The predicted molar refractivity (Wildman–Crippen MR) is 67.7 cm³/mol. The molecule has 0 saturated carbocycles. The van der Waals surface area contributed by atoms with Gasteiger partial charge in [0.2, 0.25) is 10.0 Å². The van der Waals surface area contributed by atoms with Crippen LogP contribution in [0.3, 0.4) is 0 Å². The highest BCUT2D eigenvalue weighted by Gasteiger charge is 2.16. The van der Waals surface area contributed by atoms with Gasteiger partial charge in [0.25, 0.3) is 0 Å². The second kappa shape index (κ2) is 5.61. The topological polar surface area (TPSA) is 95.1 Å². The van der Waals surface area contributed by atoms with E-state index in [0.717, 1.165) is 10.4 Å². The Morgan fingerprint density at radius 2 is 2.28 bits per heavy atom. The third-order valence-electron chi connectivity index (χ3n) is 2.28. The monoisotopic (exact) mass is 287 g/mol. The van der Waals surface area contributed by atoms with E-state index < -0.39 is 10.0 Å². The Kier molecular flexibility index (Phi) is 4.12. The minimum atomic E-state index is -3.49. The van der Waals surface area contributed by atoms with Crippen LogP contribution in [0.1, 0.15) is 10.4 Å². The highest BCUT2D eigenvalue weighted by molar-refractivity contribution is 7.91. The third-order valence-corrected chi connectivity index (χ3v) is 5.32. The number of hydrogen-bond acceptors (Lipinski definition) is 5. The fourth-order valence-electron chi connectivity index (χ4n) is 1.37. The fourth-order valence-corrected chi connectivity index (χ4v) is 3.78. The number of aromatic nitrogens is 2. The van der Waals surface area contributed by atoms with Crippen LogP contribution in [0.5, 0.6) is 0 Å². The minimum absolute atomic E-state index is 0.0163. The molecule has 0 aliphatic rings. The average Bonchev–Trinajstić information content (AvgIpc) is 2.98. The van der Waals surface area contributed by atoms with Gasteiger partial charge in [-0.1, -0.05) is 0 Å². The molecule has 3 N–H and O–H groups in total. The second-order valence-corrected chi connectivity index (χ2v) is 6.79. The smallest absolute Gasteiger partial charge is 0.250 e. The van der Waals surface area contributed by atoms with Crippen molar-refractivity contribution in [1.82, 2.24) is 14.9 Å². The van der Waals surface area contributed by atoms with Crippen molar-refractivity contribution in [3.8, 4) is 0 Å². The molecule has 0 radical (unpaired) electrons. The summed E-state index contributed by atoms with van der Waals surface area (Å²) in [4.78, 5) is 0.848. The second-order valence-electron chi connectivity index (χ2n) is 3.63. The van der Waals surface area contributed by atoms with Gasteiger partial charge in [-0.15, -0.1) is 11.3 Å². The van der Waals surface area contributed by atoms with Crippen LogP contribution in [-0.4, -0.2) is 30.3 Å². The SMILES string of the molecule is O=S(=O)(NCc1cn[nH]c1)c1ccc(CCO)s1. The zero-order chi connectivity index (χ0) is 13.0. The highest BCUT2D eigenvalue weighted by atomic mass is 32.2. The molecule has 2 heterocycles. The fraction of sp³-hybridized carbons (Fsp3) is 0.300. The van der Waals surface area contributed by atoms with Gasteiger partial charge < -0.3 is 5.11 Å². The number of aliphatic hydroxyl groups excluding tert-OH is 1. The maximum Gasteiger partial charge on any atom is 0.250 e. The molecule has 0 saturated heterocycles. The first-order valence-electron chi connectivity index (χ1n) is 5.29. The first-order chi connectivity index (χ1) is 8.62. The Labute approximate surface area is 109 Å². The maximum atomic E-state index is 12.0. The van der Waals surface area contributed by atoms with Gasteiger partial charge in [-0.05, 0) is 12.1 Å². The van der Waals surface area contributed by atoms with Gasteiger partial charge in [0, 0.05) is 36.2 Å². The van der Waals surface area contributed by atoms with E-state index in [1.54, 1.807) is 24.5 Å². The molecule has 0 unspecified atom stereocenters. The van der Waals surface area contributed by atoms with Crippen LogP contribution in [0, 0.1) is 0 Å². The quantitative estimate of drug-likeness (QED) is 0.720. The van der Waals surface area contributed by atoms with Crippen molar-refractivity contribution in [2.24, 2.45) is 0 Å². The summed E-state index contributed by atoms with van der Waals surface area (Å²) in [5.41, 5.74) is 0.769. The van der Waals surface area contributed by atoms with Crippen molar-refractivity contribution in [2.75, 3.05) is 6.61 Å². The molecule has 98 valence electrons. The molecule has 2 aromatic heterocycles. The molecule has 8 heteroatoms. The largest absolute Gasteiger partial charge is 0.396 e. The van der Waals surface area contributed by atoms with Gasteiger partial charge in [0.15, 0.2) is 0 Å². The van der Waals surface area contributed by atoms with E-state index in [-0.39, 0.29) is 17.4 Å². The third kappa shape index (κ3) is 3.16. The van der Waals surface area contributed by atoms with E-state index in [1.807, 2.05) is 0 Å². The summed E-state index contributed by atoms with van der Waals surface area (Å²) < 4.78 is 26.7. The standard InChI is InChI=1S/C10H13N3O3S2/c14-4-3-9-1-2-10(17-9)18(15,16)13-7-8-5-11-12-6-8/h1-2,5-6,13-14H,3-4,7H2,(H,11,12). The van der Waals surface area contributed by atoms with Gasteiger partial charge in [-0.3, -0.25) is 5.10 Å². The summed E-state index contributed by atoms with van der Waals surface area (Å²) in [5, 5.41) is 15.1. The Balaban J connectivity index is 2.05. The molecule has 6 nitrogen and oxygen atoms in total. The Morgan fingerprint density at radius 3 is 2.94 bits per heavy atom. The highest BCUT2D eigenvalue weighted by Crippen LogP contribution is 2.21. The molecule has 18 heavy (non-hydrogen) atoms. The van der Waals surface area contributed by atoms with Gasteiger partial charge in [0.05, 0.1) is 6.20 Å². The number of sulfonamides is 1. The molecular formula is C10H13N3O3S2. The van der Waals surface area contributed by atoms with E-state index in [2.05, 4.69) is 14.9 Å². The number of nitrogens with zero attached hydrogens (tertiary/aromatic N) is 1. The van der Waals surface area contributed by atoms with Gasteiger partial charge in [0.1, 0.15) is 4.21 Å². The average molecular weight is 287 g/mol. The lowest BCUT2D eigenvalue weighted by atomic mass is 10.4. The number of rotatable bonds is 6. The lowest BCUT2D eigenvalue weighted by Gasteiger charge is -2.02. The van der Waals surface area contributed by atoms with Crippen LogP contribution < -0.4 is 4.72 Å². The van der Waals surface area contributed by atoms with E-state index in [0.29, 0.717) is 6.42 Å². The summed E-state index contributed by atoms with van der Waals surface area (Å²) in [7, 11) is -3.49. The van der Waals surface area contributed by atoms with Crippen LogP contribution >= 0.6 is 11.3 Å². The first-order valence-corrected chi connectivity index (χ1v) is 7.58. The molecular weight excluding hydrogens is 274 g/mol. The Hall–Kier alpha value is -1.22.